The molecule has 1 heterocycles. The number of carbonyl (C=O) groups excluding carboxylic acids is 2. The standard InChI is InChI=1S/C21H19ClN2O5/c1-12-18(23-21(26)28-13(2)16-6-4-5-7-17(16)22)19(29-24-12)14-8-10-15(11-9-14)20(25)27-3/h4-11,13H,1-3H3,(H,23,26). The van der Waals surface area contributed by atoms with Gasteiger partial charge in [-0.15, -0.1) is 0 Å². The molecule has 1 aromatic heterocycles. The number of ether oxygens (including phenoxy) is 2. The van der Waals surface area contributed by atoms with E-state index in [1.54, 1.807) is 56.3 Å². The van der Waals surface area contributed by atoms with Crippen LogP contribution in [0.1, 0.15) is 34.6 Å². The van der Waals surface area contributed by atoms with E-state index in [1.165, 1.54) is 7.11 Å². The fraction of sp³-hybridized carbons (Fsp3) is 0.190. The fourth-order valence-electron chi connectivity index (χ4n) is 2.75. The van der Waals surface area contributed by atoms with Crippen LogP contribution >= 0.6 is 11.6 Å². The van der Waals surface area contributed by atoms with Crippen LogP contribution in [0.4, 0.5) is 10.5 Å². The number of nitrogens with zero attached hydrogens (tertiary/aromatic N) is 1. The third-order valence-electron chi connectivity index (χ3n) is 4.28. The van der Waals surface area contributed by atoms with Crippen LogP contribution in [0.2, 0.25) is 5.02 Å². The molecule has 0 bridgehead atoms. The summed E-state index contributed by atoms with van der Waals surface area (Å²) in [5.41, 5.74) is 2.60. The Bertz CT molecular complexity index is 1030. The van der Waals surface area contributed by atoms with Crippen molar-refractivity contribution in [2.75, 3.05) is 12.4 Å². The lowest BCUT2D eigenvalue weighted by Gasteiger charge is -2.15. The van der Waals surface area contributed by atoms with Crippen molar-refractivity contribution in [3.8, 4) is 11.3 Å². The highest BCUT2D eigenvalue weighted by Crippen LogP contribution is 2.32. The molecule has 3 rings (SSSR count). The average Bonchev–Trinajstić information content (AvgIpc) is 3.07. The van der Waals surface area contributed by atoms with Crippen molar-refractivity contribution in [3.05, 3.63) is 70.4 Å². The zero-order valence-electron chi connectivity index (χ0n) is 16.1. The minimum atomic E-state index is -0.670. The van der Waals surface area contributed by atoms with Crippen molar-refractivity contribution in [1.29, 1.82) is 0 Å². The number of benzene rings is 2. The predicted molar refractivity (Wildman–Crippen MR) is 108 cm³/mol. The first kappa shape index (κ1) is 20.4. The summed E-state index contributed by atoms with van der Waals surface area (Å²) in [4.78, 5) is 24.0. The van der Waals surface area contributed by atoms with Crippen molar-refractivity contribution in [2.45, 2.75) is 20.0 Å². The lowest BCUT2D eigenvalue weighted by Crippen LogP contribution is -2.17. The monoisotopic (exact) mass is 414 g/mol. The molecule has 0 fully saturated rings. The molecule has 2 aromatic carbocycles. The summed E-state index contributed by atoms with van der Waals surface area (Å²) in [5.74, 6) is -0.0953. The highest BCUT2D eigenvalue weighted by molar-refractivity contribution is 6.31. The Morgan fingerprint density at radius 1 is 1.14 bits per heavy atom. The van der Waals surface area contributed by atoms with E-state index in [-0.39, 0.29) is 0 Å². The van der Waals surface area contributed by atoms with Gasteiger partial charge in [-0.25, -0.2) is 9.59 Å². The molecular weight excluding hydrogens is 396 g/mol. The number of esters is 1. The van der Waals surface area contributed by atoms with Gasteiger partial charge in [0.05, 0.1) is 12.7 Å². The zero-order valence-corrected chi connectivity index (χ0v) is 16.8. The summed E-state index contributed by atoms with van der Waals surface area (Å²) in [7, 11) is 1.31. The van der Waals surface area contributed by atoms with Crippen molar-refractivity contribution in [2.24, 2.45) is 0 Å². The number of amides is 1. The summed E-state index contributed by atoms with van der Waals surface area (Å²) in [5, 5.41) is 7.10. The van der Waals surface area contributed by atoms with Gasteiger partial charge in [-0.3, -0.25) is 5.32 Å². The van der Waals surface area contributed by atoms with Gasteiger partial charge in [-0.2, -0.15) is 0 Å². The molecule has 0 radical (unpaired) electrons. The Balaban J connectivity index is 1.77. The van der Waals surface area contributed by atoms with Crippen molar-refractivity contribution in [3.63, 3.8) is 0 Å². The predicted octanol–water partition coefficient (Wildman–Crippen LogP) is 5.40. The Kier molecular flexibility index (Phi) is 6.19. The van der Waals surface area contributed by atoms with Crippen LogP contribution in [-0.2, 0) is 9.47 Å². The van der Waals surface area contributed by atoms with E-state index in [2.05, 4.69) is 15.2 Å². The number of anilines is 1. The van der Waals surface area contributed by atoms with Gasteiger partial charge in [0.2, 0.25) is 0 Å². The van der Waals surface area contributed by atoms with E-state index in [1.807, 2.05) is 6.07 Å². The maximum atomic E-state index is 12.4. The smallest absolute Gasteiger partial charge is 0.412 e. The molecule has 150 valence electrons. The molecule has 3 aromatic rings. The van der Waals surface area contributed by atoms with Crippen molar-refractivity contribution >= 4 is 29.4 Å². The summed E-state index contributed by atoms with van der Waals surface area (Å²) in [6, 6.07) is 13.7. The number of carbonyl (C=O) groups is 2. The maximum absolute atomic E-state index is 12.4. The molecule has 0 saturated heterocycles. The Morgan fingerprint density at radius 2 is 1.83 bits per heavy atom. The molecule has 7 nitrogen and oxygen atoms in total. The van der Waals surface area contributed by atoms with Gasteiger partial charge in [0.1, 0.15) is 17.5 Å². The molecule has 29 heavy (non-hydrogen) atoms. The molecular formula is C21H19ClN2O5. The SMILES string of the molecule is COC(=O)c1ccc(-c2onc(C)c2NC(=O)OC(C)c2ccccc2Cl)cc1. The molecule has 0 saturated carbocycles. The van der Waals surface area contributed by atoms with E-state index < -0.39 is 18.2 Å². The van der Waals surface area contributed by atoms with Crippen molar-refractivity contribution < 1.29 is 23.6 Å². The molecule has 0 aliphatic heterocycles. The highest BCUT2D eigenvalue weighted by Gasteiger charge is 2.21. The topological polar surface area (TPSA) is 90.7 Å². The molecule has 8 heteroatoms. The van der Waals surface area contributed by atoms with Gasteiger partial charge in [-0.1, -0.05) is 47.1 Å². The fourth-order valence-corrected chi connectivity index (χ4v) is 3.04. The molecule has 1 N–H and O–H groups in total. The second kappa shape index (κ2) is 8.79. The van der Waals surface area contributed by atoms with E-state index in [0.717, 1.165) is 0 Å². The minimum Gasteiger partial charge on any atom is -0.465 e. The number of methoxy groups -OCH3 is 1. The van der Waals surface area contributed by atoms with Crippen LogP contribution in [0.25, 0.3) is 11.3 Å². The van der Waals surface area contributed by atoms with Gasteiger partial charge in [0.15, 0.2) is 5.76 Å². The van der Waals surface area contributed by atoms with Gasteiger partial charge >= 0.3 is 12.1 Å². The van der Waals surface area contributed by atoms with E-state index in [9.17, 15) is 9.59 Å². The number of hydrogen-bond donors (Lipinski definition) is 1. The van der Waals surface area contributed by atoms with Crippen LogP contribution in [0.15, 0.2) is 53.1 Å². The van der Waals surface area contributed by atoms with Gasteiger partial charge in [0.25, 0.3) is 0 Å². The maximum Gasteiger partial charge on any atom is 0.412 e. The molecule has 1 unspecified atom stereocenters. The zero-order chi connectivity index (χ0) is 21.0. The van der Waals surface area contributed by atoms with Crippen LogP contribution in [0.5, 0.6) is 0 Å². The molecule has 1 atom stereocenters. The number of nitrogens with one attached hydrogen (secondary N) is 1. The Morgan fingerprint density at radius 3 is 2.48 bits per heavy atom. The lowest BCUT2D eigenvalue weighted by atomic mass is 10.1. The summed E-state index contributed by atoms with van der Waals surface area (Å²) < 4.78 is 15.5. The highest BCUT2D eigenvalue weighted by atomic mass is 35.5. The minimum absolute atomic E-state index is 0.348. The number of aromatic nitrogens is 1. The third kappa shape index (κ3) is 4.57. The second-order valence-electron chi connectivity index (χ2n) is 6.24. The lowest BCUT2D eigenvalue weighted by molar-refractivity contribution is 0.0600. The number of aryl methyl sites for hydroxylation is 1. The number of halogens is 1. The quantitative estimate of drug-likeness (QED) is 0.562. The Labute approximate surface area is 172 Å². The third-order valence-corrected chi connectivity index (χ3v) is 4.63. The first-order valence-electron chi connectivity index (χ1n) is 8.77. The van der Waals surface area contributed by atoms with E-state index >= 15 is 0 Å². The number of hydrogen-bond acceptors (Lipinski definition) is 6. The normalized spacial score (nSPS) is 11.6. The van der Waals surface area contributed by atoms with E-state index in [0.29, 0.717) is 38.9 Å². The average molecular weight is 415 g/mol. The van der Waals surface area contributed by atoms with Gasteiger partial charge in [0, 0.05) is 16.1 Å². The largest absolute Gasteiger partial charge is 0.465 e. The van der Waals surface area contributed by atoms with Crippen LogP contribution < -0.4 is 5.32 Å². The van der Waals surface area contributed by atoms with Crippen molar-refractivity contribution in [1.82, 2.24) is 5.16 Å². The van der Waals surface area contributed by atoms with E-state index in [4.69, 9.17) is 20.9 Å². The summed E-state index contributed by atoms with van der Waals surface area (Å²) in [6.45, 7) is 3.43. The number of rotatable bonds is 5. The Hall–Kier alpha value is -3.32. The first-order valence-corrected chi connectivity index (χ1v) is 9.15. The van der Waals surface area contributed by atoms with Gasteiger partial charge < -0.3 is 14.0 Å². The second-order valence-corrected chi connectivity index (χ2v) is 6.64. The van der Waals surface area contributed by atoms with Crippen LogP contribution in [0.3, 0.4) is 0 Å². The molecule has 0 aliphatic rings. The van der Waals surface area contributed by atoms with Gasteiger partial charge in [-0.05, 0) is 32.0 Å². The van der Waals surface area contributed by atoms with Crippen LogP contribution in [0, 0.1) is 6.92 Å². The summed E-state index contributed by atoms with van der Waals surface area (Å²) in [6.07, 6.45) is -1.22. The molecule has 0 spiro atoms. The summed E-state index contributed by atoms with van der Waals surface area (Å²) >= 11 is 6.15. The molecule has 1 amide bonds. The first-order chi connectivity index (χ1) is 13.9. The molecule has 0 aliphatic carbocycles. The van der Waals surface area contributed by atoms with Crippen LogP contribution in [-0.4, -0.2) is 24.3 Å².